The minimum Gasteiger partial charge on any atom is -0.351 e. The lowest BCUT2D eigenvalue weighted by molar-refractivity contribution is 0.0953. The standard InChI is InChI=1S/C12H19N3O/c1-9(2)13-6-7-15-12(16)11-4-5-14-10(3)8-11/h4-5,8-9,13H,6-7H2,1-3H3,(H,15,16). The van der Waals surface area contributed by atoms with Crippen LogP contribution in [-0.2, 0) is 0 Å². The topological polar surface area (TPSA) is 54.0 Å². The molecule has 1 heterocycles. The summed E-state index contributed by atoms with van der Waals surface area (Å²) in [5, 5.41) is 6.09. The summed E-state index contributed by atoms with van der Waals surface area (Å²) < 4.78 is 0. The average Bonchev–Trinajstić information content (AvgIpc) is 2.24. The van der Waals surface area contributed by atoms with E-state index >= 15 is 0 Å². The van der Waals surface area contributed by atoms with Crippen molar-refractivity contribution in [2.45, 2.75) is 26.8 Å². The minimum absolute atomic E-state index is 0.0453. The summed E-state index contributed by atoms with van der Waals surface area (Å²) in [7, 11) is 0. The lowest BCUT2D eigenvalue weighted by Crippen LogP contribution is -2.34. The van der Waals surface area contributed by atoms with Gasteiger partial charge in [0.05, 0.1) is 0 Å². The number of rotatable bonds is 5. The molecule has 1 aromatic rings. The number of aromatic nitrogens is 1. The number of aryl methyl sites for hydroxylation is 1. The average molecular weight is 221 g/mol. The molecule has 0 radical (unpaired) electrons. The molecular weight excluding hydrogens is 202 g/mol. The van der Waals surface area contributed by atoms with Gasteiger partial charge in [0.25, 0.3) is 5.91 Å². The predicted octanol–water partition coefficient (Wildman–Crippen LogP) is 1.12. The number of nitrogens with zero attached hydrogens (tertiary/aromatic N) is 1. The Morgan fingerprint density at radius 1 is 1.44 bits per heavy atom. The van der Waals surface area contributed by atoms with Gasteiger partial charge >= 0.3 is 0 Å². The molecule has 16 heavy (non-hydrogen) atoms. The van der Waals surface area contributed by atoms with Crippen molar-refractivity contribution in [2.75, 3.05) is 13.1 Å². The largest absolute Gasteiger partial charge is 0.351 e. The predicted molar refractivity (Wildman–Crippen MR) is 64.4 cm³/mol. The lowest BCUT2D eigenvalue weighted by Gasteiger charge is -2.09. The van der Waals surface area contributed by atoms with Gasteiger partial charge in [0.1, 0.15) is 0 Å². The van der Waals surface area contributed by atoms with Crippen LogP contribution in [0.2, 0.25) is 0 Å². The number of carbonyl (C=O) groups is 1. The van der Waals surface area contributed by atoms with Crippen LogP contribution in [0, 0.1) is 6.92 Å². The van der Waals surface area contributed by atoms with Gasteiger partial charge in [-0.05, 0) is 19.1 Å². The summed E-state index contributed by atoms with van der Waals surface area (Å²) in [6, 6.07) is 3.95. The second kappa shape index (κ2) is 6.23. The third kappa shape index (κ3) is 4.40. The Morgan fingerprint density at radius 3 is 2.81 bits per heavy atom. The summed E-state index contributed by atoms with van der Waals surface area (Å²) in [6.45, 7) is 7.45. The minimum atomic E-state index is -0.0453. The van der Waals surface area contributed by atoms with Crippen LogP contribution >= 0.6 is 0 Å². The fourth-order valence-electron chi connectivity index (χ4n) is 1.33. The van der Waals surface area contributed by atoms with Crippen molar-refractivity contribution >= 4 is 5.91 Å². The quantitative estimate of drug-likeness (QED) is 0.733. The van der Waals surface area contributed by atoms with Crippen molar-refractivity contribution in [3.05, 3.63) is 29.6 Å². The molecule has 4 heteroatoms. The summed E-state index contributed by atoms with van der Waals surface area (Å²) in [5.41, 5.74) is 1.52. The van der Waals surface area contributed by atoms with Gasteiger partial charge in [-0.3, -0.25) is 9.78 Å². The second-order valence-corrected chi connectivity index (χ2v) is 4.05. The number of hydrogen-bond donors (Lipinski definition) is 2. The van der Waals surface area contributed by atoms with Crippen molar-refractivity contribution in [1.82, 2.24) is 15.6 Å². The van der Waals surface area contributed by atoms with Crippen molar-refractivity contribution < 1.29 is 4.79 Å². The van der Waals surface area contributed by atoms with Crippen LogP contribution in [0.25, 0.3) is 0 Å². The molecule has 0 saturated carbocycles. The van der Waals surface area contributed by atoms with E-state index in [1.165, 1.54) is 0 Å². The number of carbonyl (C=O) groups excluding carboxylic acids is 1. The molecule has 0 unspecified atom stereocenters. The highest BCUT2D eigenvalue weighted by atomic mass is 16.1. The van der Waals surface area contributed by atoms with Crippen molar-refractivity contribution in [1.29, 1.82) is 0 Å². The Morgan fingerprint density at radius 2 is 2.19 bits per heavy atom. The number of hydrogen-bond acceptors (Lipinski definition) is 3. The van der Waals surface area contributed by atoms with Gasteiger partial charge in [0, 0.05) is 36.6 Å². The highest BCUT2D eigenvalue weighted by Crippen LogP contribution is 1.99. The molecule has 0 aliphatic rings. The number of nitrogens with one attached hydrogen (secondary N) is 2. The molecule has 0 saturated heterocycles. The maximum absolute atomic E-state index is 11.7. The summed E-state index contributed by atoms with van der Waals surface area (Å²) in [5.74, 6) is -0.0453. The molecule has 4 nitrogen and oxygen atoms in total. The maximum atomic E-state index is 11.7. The monoisotopic (exact) mass is 221 g/mol. The van der Waals surface area contributed by atoms with E-state index in [0.717, 1.165) is 12.2 Å². The first-order valence-electron chi connectivity index (χ1n) is 5.54. The zero-order valence-electron chi connectivity index (χ0n) is 10.1. The molecule has 0 spiro atoms. The molecule has 1 rings (SSSR count). The van der Waals surface area contributed by atoms with Gasteiger partial charge in [-0.15, -0.1) is 0 Å². The van der Waals surface area contributed by atoms with Crippen LogP contribution in [0.3, 0.4) is 0 Å². The first-order valence-corrected chi connectivity index (χ1v) is 5.54. The highest BCUT2D eigenvalue weighted by molar-refractivity contribution is 5.94. The van der Waals surface area contributed by atoms with Crippen LogP contribution in [0.5, 0.6) is 0 Å². The molecule has 1 aromatic heterocycles. The molecule has 0 atom stereocenters. The van der Waals surface area contributed by atoms with E-state index in [4.69, 9.17) is 0 Å². The molecule has 0 aliphatic heterocycles. The van der Waals surface area contributed by atoms with Gasteiger partial charge in [-0.25, -0.2) is 0 Å². The molecule has 0 bridgehead atoms. The van der Waals surface area contributed by atoms with Crippen LogP contribution in [0.1, 0.15) is 29.9 Å². The molecule has 0 aliphatic carbocycles. The Labute approximate surface area is 96.5 Å². The van der Waals surface area contributed by atoms with Gasteiger partial charge in [-0.1, -0.05) is 13.8 Å². The van der Waals surface area contributed by atoms with Crippen LogP contribution in [0.4, 0.5) is 0 Å². The zero-order valence-corrected chi connectivity index (χ0v) is 10.1. The third-order valence-electron chi connectivity index (χ3n) is 2.12. The van der Waals surface area contributed by atoms with Gasteiger partial charge in [0.15, 0.2) is 0 Å². The van der Waals surface area contributed by atoms with Crippen molar-refractivity contribution in [3.63, 3.8) is 0 Å². The van der Waals surface area contributed by atoms with Crippen LogP contribution in [-0.4, -0.2) is 30.0 Å². The number of amides is 1. The maximum Gasteiger partial charge on any atom is 0.251 e. The fraction of sp³-hybridized carbons (Fsp3) is 0.500. The third-order valence-corrected chi connectivity index (χ3v) is 2.12. The van der Waals surface area contributed by atoms with Gasteiger partial charge < -0.3 is 10.6 Å². The van der Waals surface area contributed by atoms with Crippen molar-refractivity contribution in [3.8, 4) is 0 Å². The zero-order chi connectivity index (χ0) is 12.0. The summed E-state index contributed by atoms with van der Waals surface area (Å²) in [4.78, 5) is 15.7. The molecular formula is C12H19N3O. The lowest BCUT2D eigenvalue weighted by atomic mass is 10.2. The van der Waals surface area contributed by atoms with Crippen LogP contribution < -0.4 is 10.6 Å². The molecule has 88 valence electrons. The Bertz CT molecular complexity index is 350. The molecule has 0 aromatic carbocycles. The highest BCUT2D eigenvalue weighted by Gasteiger charge is 2.04. The van der Waals surface area contributed by atoms with Crippen LogP contribution in [0.15, 0.2) is 18.3 Å². The summed E-state index contributed by atoms with van der Waals surface area (Å²) >= 11 is 0. The van der Waals surface area contributed by atoms with E-state index in [1.54, 1.807) is 18.3 Å². The second-order valence-electron chi connectivity index (χ2n) is 4.05. The molecule has 0 fully saturated rings. The fourth-order valence-corrected chi connectivity index (χ4v) is 1.33. The molecule has 1 amide bonds. The number of pyridine rings is 1. The Kier molecular flexibility index (Phi) is 4.92. The van der Waals surface area contributed by atoms with Gasteiger partial charge in [-0.2, -0.15) is 0 Å². The SMILES string of the molecule is Cc1cc(C(=O)NCCNC(C)C)ccn1. The van der Waals surface area contributed by atoms with E-state index in [0.29, 0.717) is 18.2 Å². The first-order chi connectivity index (χ1) is 7.59. The first kappa shape index (κ1) is 12.6. The molecule has 2 N–H and O–H groups in total. The Balaban J connectivity index is 2.35. The van der Waals surface area contributed by atoms with E-state index < -0.39 is 0 Å². The Hall–Kier alpha value is -1.42. The smallest absolute Gasteiger partial charge is 0.251 e. The van der Waals surface area contributed by atoms with Crippen molar-refractivity contribution in [2.24, 2.45) is 0 Å². The van der Waals surface area contributed by atoms with Gasteiger partial charge in [0.2, 0.25) is 0 Å². The van der Waals surface area contributed by atoms with E-state index in [1.807, 2.05) is 6.92 Å². The van der Waals surface area contributed by atoms with E-state index in [-0.39, 0.29) is 5.91 Å². The van der Waals surface area contributed by atoms with E-state index in [2.05, 4.69) is 29.5 Å². The van der Waals surface area contributed by atoms with E-state index in [9.17, 15) is 4.79 Å². The normalized spacial score (nSPS) is 10.5. The summed E-state index contributed by atoms with van der Waals surface area (Å²) in [6.07, 6.45) is 1.65.